The maximum absolute atomic E-state index is 9.92. The van der Waals surface area contributed by atoms with Gasteiger partial charge in [-0.3, -0.25) is 9.48 Å². The number of anilines is 2. The molecule has 0 unspecified atom stereocenters. The van der Waals surface area contributed by atoms with Crippen molar-refractivity contribution in [3.63, 3.8) is 0 Å². The summed E-state index contributed by atoms with van der Waals surface area (Å²) in [5.41, 5.74) is 5.89. The minimum absolute atomic E-state index is 0.400. The molecule has 0 aromatic carbocycles. The van der Waals surface area contributed by atoms with Crippen LogP contribution < -0.4 is 11.1 Å². The summed E-state index contributed by atoms with van der Waals surface area (Å²) < 4.78 is 1.53. The summed E-state index contributed by atoms with van der Waals surface area (Å²) in [4.78, 5) is 9.92. The van der Waals surface area contributed by atoms with Crippen molar-refractivity contribution < 1.29 is 4.79 Å². The maximum Gasteiger partial charge on any atom is 0.212 e. The molecular formula is C5H8N4O. The van der Waals surface area contributed by atoms with E-state index in [0.29, 0.717) is 17.9 Å². The third-order valence-corrected chi connectivity index (χ3v) is 1.05. The summed E-state index contributed by atoms with van der Waals surface area (Å²) in [5, 5.41) is 6.21. The molecule has 0 bridgehead atoms. The smallest absolute Gasteiger partial charge is 0.212 e. The summed E-state index contributed by atoms with van der Waals surface area (Å²) in [7, 11) is 1.73. The molecule has 5 heteroatoms. The summed E-state index contributed by atoms with van der Waals surface area (Å²) in [5.74, 6) is 0.400. The Morgan fingerprint density at radius 1 is 1.90 bits per heavy atom. The molecule has 1 heterocycles. The minimum atomic E-state index is 0.400. The Morgan fingerprint density at radius 2 is 2.60 bits per heavy atom. The molecule has 0 aliphatic rings. The van der Waals surface area contributed by atoms with Crippen LogP contribution in [0.4, 0.5) is 11.5 Å². The number of aryl methyl sites for hydroxylation is 1. The zero-order valence-corrected chi connectivity index (χ0v) is 5.53. The molecule has 1 aromatic rings. The van der Waals surface area contributed by atoms with Gasteiger partial charge in [-0.05, 0) is 0 Å². The second-order valence-corrected chi connectivity index (χ2v) is 1.87. The number of nitrogens with one attached hydrogen (secondary N) is 1. The monoisotopic (exact) mass is 140 g/mol. The average Bonchev–Trinajstić information content (AvgIpc) is 2.13. The predicted molar refractivity (Wildman–Crippen MR) is 37.3 cm³/mol. The number of hydrogen-bond acceptors (Lipinski definition) is 3. The molecule has 0 atom stereocenters. The van der Waals surface area contributed by atoms with Gasteiger partial charge in [-0.25, -0.2) is 0 Å². The molecule has 5 nitrogen and oxygen atoms in total. The van der Waals surface area contributed by atoms with Gasteiger partial charge in [0.1, 0.15) is 0 Å². The number of rotatable bonds is 2. The SMILES string of the molecule is Cn1cc(N)c(NC=O)n1. The first-order chi connectivity index (χ1) is 4.74. The molecule has 0 aliphatic carbocycles. The first-order valence-electron chi connectivity index (χ1n) is 2.73. The van der Waals surface area contributed by atoms with Crippen molar-refractivity contribution in [1.82, 2.24) is 9.78 Å². The van der Waals surface area contributed by atoms with E-state index in [9.17, 15) is 4.79 Å². The fourth-order valence-corrected chi connectivity index (χ4v) is 0.675. The highest BCUT2D eigenvalue weighted by Gasteiger charge is 2.00. The Balaban J connectivity index is 2.91. The van der Waals surface area contributed by atoms with E-state index < -0.39 is 0 Å². The van der Waals surface area contributed by atoms with E-state index in [-0.39, 0.29) is 0 Å². The van der Waals surface area contributed by atoms with Crippen LogP contribution in [-0.2, 0) is 11.8 Å². The van der Waals surface area contributed by atoms with Crippen LogP contribution in [0.3, 0.4) is 0 Å². The van der Waals surface area contributed by atoms with E-state index in [0.717, 1.165) is 0 Å². The number of nitrogens with two attached hydrogens (primary N) is 1. The first-order valence-corrected chi connectivity index (χ1v) is 2.73. The van der Waals surface area contributed by atoms with E-state index in [1.807, 2.05) is 0 Å². The van der Waals surface area contributed by atoms with E-state index in [1.54, 1.807) is 13.2 Å². The van der Waals surface area contributed by atoms with Gasteiger partial charge in [0, 0.05) is 13.2 Å². The Hall–Kier alpha value is -1.52. The number of carbonyl (C=O) groups is 1. The summed E-state index contributed by atoms with van der Waals surface area (Å²) in [6, 6.07) is 0. The molecular weight excluding hydrogens is 132 g/mol. The Kier molecular flexibility index (Phi) is 1.57. The second kappa shape index (κ2) is 2.38. The van der Waals surface area contributed by atoms with Crippen molar-refractivity contribution in [2.75, 3.05) is 11.1 Å². The molecule has 0 radical (unpaired) electrons. The van der Waals surface area contributed by atoms with Gasteiger partial charge in [0.2, 0.25) is 6.41 Å². The van der Waals surface area contributed by atoms with Gasteiger partial charge < -0.3 is 11.1 Å². The third-order valence-electron chi connectivity index (χ3n) is 1.05. The predicted octanol–water partition coefficient (Wildman–Crippen LogP) is -0.429. The lowest BCUT2D eigenvalue weighted by Crippen LogP contribution is -1.98. The summed E-state index contributed by atoms with van der Waals surface area (Å²) in [6.07, 6.45) is 2.16. The molecule has 10 heavy (non-hydrogen) atoms. The zero-order valence-electron chi connectivity index (χ0n) is 5.53. The van der Waals surface area contributed by atoms with Crippen molar-refractivity contribution in [3.05, 3.63) is 6.20 Å². The number of carbonyl (C=O) groups excluding carboxylic acids is 1. The Labute approximate surface area is 57.8 Å². The zero-order chi connectivity index (χ0) is 7.56. The highest BCUT2D eigenvalue weighted by molar-refractivity contribution is 5.76. The largest absolute Gasteiger partial charge is 0.394 e. The first kappa shape index (κ1) is 6.60. The van der Waals surface area contributed by atoms with Crippen LogP contribution in [0.1, 0.15) is 0 Å². The second-order valence-electron chi connectivity index (χ2n) is 1.87. The van der Waals surface area contributed by atoms with Crippen molar-refractivity contribution >= 4 is 17.9 Å². The van der Waals surface area contributed by atoms with E-state index >= 15 is 0 Å². The molecule has 0 spiro atoms. The lowest BCUT2D eigenvalue weighted by molar-refractivity contribution is -0.105. The number of nitrogen functional groups attached to an aromatic ring is 1. The van der Waals surface area contributed by atoms with Gasteiger partial charge in [0.15, 0.2) is 5.82 Å². The fraction of sp³-hybridized carbons (Fsp3) is 0.200. The van der Waals surface area contributed by atoms with Crippen LogP contribution in [0, 0.1) is 0 Å². The summed E-state index contributed by atoms with van der Waals surface area (Å²) >= 11 is 0. The van der Waals surface area contributed by atoms with Crippen LogP contribution in [0.2, 0.25) is 0 Å². The van der Waals surface area contributed by atoms with Gasteiger partial charge in [0.25, 0.3) is 0 Å². The normalized spacial score (nSPS) is 9.30. The highest BCUT2D eigenvalue weighted by atomic mass is 16.1. The molecule has 54 valence electrons. The van der Waals surface area contributed by atoms with E-state index in [2.05, 4.69) is 10.4 Å². The number of aromatic nitrogens is 2. The van der Waals surface area contributed by atoms with Crippen molar-refractivity contribution in [3.8, 4) is 0 Å². The van der Waals surface area contributed by atoms with E-state index in [4.69, 9.17) is 5.73 Å². The number of hydrogen-bond donors (Lipinski definition) is 2. The van der Waals surface area contributed by atoms with Gasteiger partial charge >= 0.3 is 0 Å². The van der Waals surface area contributed by atoms with Crippen LogP contribution in [0.15, 0.2) is 6.20 Å². The summed E-state index contributed by atoms with van der Waals surface area (Å²) in [6.45, 7) is 0. The Bertz CT molecular complexity index is 242. The van der Waals surface area contributed by atoms with E-state index in [1.165, 1.54) is 4.68 Å². The average molecular weight is 140 g/mol. The van der Waals surface area contributed by atoms with Crippen molar-refractivity contribution in [2.45, 2.75) is 0 Å². The standard InChI is InChI=1S/C5H8N4O/c1-9-2-4(6)5(8-9)7-3-10/h2-3H,6H2,1H3,(H,7,8,10). The topological polar surface area (TPSA) is 72.9 Å². The molecule has 0 aliphatic heterocycles. The molecule has 1 aromatic heterocycles. The molecule has 1 amide bonds. The molecule has 1 rings (SSSR count). The Morgan fingerprint density at radius 3 is 3.00 bits per heavy atom. The lowest BCUT2D eigenvalue weighted by atomic mass is 10.5. The quantitative estimate of drug-likeness (QED) is 0.547. The van der Waals surface area contributed by atoms with Crippen LogP contribution >= 0.6 is 0 Å². The van der Waals surface area contributed by atoms with Gasteiger partial charge in [-0.2, -0.15) is 5.10 Å². The van der Waals surface area contributed by atoms with Crippen LogP contribution in [-0.4, -0.2) is 16.2 Å². The molecule has 3 N–H and O–H groups in total. The van der Waals surface area contributed by atoms with Crippen molar-refractivity contribution in [1.29, 1.82) is 0 Å². The van der Waals surface area contributed by atoms with Crippen molar-refractivity contribution in [2.24, 2.45) is 7.05 Å². The number of nitrogens with zero attached hydrogens (tertiary/aromatic N) is 2. The third kappa shape index (κ3) is 1.07. The number of amides is 1. The van der Waals surface area contributed by atoms with Gasteiger partial charge in [0.05, 0.1) is 5.69 Å². The lowest BCUT2D eigenvalue weighted by Gasteiger charge is -1.89. The van der Waals surface area contributed by atoms with Gasteiger partial charge in [-0.1, -0.05) is 0 Å². The van der Waals surface area contributed by atoms with Gasteiger partial charge in [-0.15, -0.1) is 0 Å². The molecule has 0 saturated carbocycles. The van der Waals surface area contributed by atoms with Crippen LogP contribution in [0.5, 0.6) is 0 Å². The minimum Gasteiger partial charge on any atom is -0.394 e. The molecule has 0 fully saturated rings. The molecule has 0 saturated heterocycles. The van der Waals surface area contributed by atoms with Crippen LogP contribution in [0.25, 0.3) is 0 Å². The fourth-order valence-electron chi connectivity index (χ4n) is 0.675. The highest BCUT2D eigenvalue weighted by Crippen LogP contribution is 2.12. The maximum atomic E-state index is 9.92.